The Morgan fingerprint density at radius 1 is 1.12 bits per heavy atom. The number of aromatic nitrogens is 1. The smallest absolute Gasteiger partial charge is 0.272 e. The number of benzene rings is 2. The molecule has 2 heterocycles. The number of carbonyl (C=O) groups excluding carboxylic acids is 1. The van der Waals surface area contributed by atoms with Crippen LogP contribution in [0.1, 0.15) is 32.9 Å². The maximum absolute atomic E-state index is 13.9. The molecule has 4 rings (SSSR count). The molecule has 7 heteroatoms. The number of nitrogens with zero attached hydrogens (tertiary/aromatic N) is 2. The number of nitrogens with one attached hydrogen (secondary N) is 1. The van der Waals surface area contributed by atoms with E-state index in [1.165, 1.54) is 12.1 Å². The van der Waals surface area contributed by atoms with Gasteiger partial charge in [-0.2, -0.15) is 0 Å². The van der Waals surface area contributed by atoms with Crippen molar-refractivity contribution in [3.8, 4) is 5.75 Å². The van der Waals surface area contributed by atoms with Crippen molar-refractivity contribution in [3.05, 3.63) is 76.4 Å². The number of carbonyl (C=O) groups is 1. The fourth-order valence-corrected chi connectivity index (χ4v) is 4.54. The molecule has 2 aromatic carbocycles. The SMILES string of the molecule is COc1ccc(C)cc1NC(=O)c1c(C)c(N2CCOCC2)c(C)n1Cc1cccc(F)c1. The molecular formula is C26H30FN3O3. The predicted molar refractivity (Wildman–Crippen MR) is 128 cm³/mol. The third kappa shape index (κ3) is 4.73. The fourth-order valence-electron chi connectivity index (χ4n) is 4.54. The third-order valence-electron chi connectivity index (χ3n) is 6.10. The Kier molecular flexibility index (Phi) is 6.70. The van der Waals surface area contributed by atoms with Gasteiger partial charge in [0.2, 0.25) is 0 Å². The van der Waals surface area contributed by atoms with Gasteiger partial charge >= 0.3 is 0 Å². The van der Waals surface area contributed by atoms with Gasteiger partial charge < -0.3 is 24.3 Å². The van der Waals surface area contributed by atoms with Crippen molar-refractivity contribution in [3.63, 3.8) is 0 Å². The molecule has 6 nitrogen and oxygen atoms in total. The molecule has 1 aliphatic rings. The minimum Gasteiger partial charge on any atom is -0.495 e. The van der Waals surface area contributed by atoms with Gasteiger partial charge in [0.05, 0.1) is 31.7 Å². The molecule has 1 aliphatic heterocycles. The Labute approximate surface area is 193 Å². The number of amides is 1. The van der Waals surface area contributed by atoms with Crippen LogP contribution < -0.4 is 15.0 Å². The van der Waals surface area contributed by atoms with Crippen LogP contribution >= 0.6 is 0 Å². The molecule has 33 heavy (non-hydrogen) atoms. The lowest BCUT2D eigenvalue weighted by molar-refractivity contribution is 0.101. The van der Waals surface area contributed by atoms with E-state index >= 15 is 0 Å². The first-order chi connectivity index (χ1) is 15.9. The van der Waals surface area contributed by atoms with Crippen LogP contribution in [-0.2, 0) is 11.3 Å². The Morgan fingerprint density at radius 2 is 1.88 bits per heavy atom. The Bertz CT molecular complexity index is 1170. The van der Waals surface area contributed by atoms with E-state index in [1.54, 1.807) is 13.2 Å². The van der Waals surface area contributed by atoms with Crippen molar-refractivity contribution in [2.45, 2.75) is 27.3 Å². The summed E-state index contributed by atoms with van der Waals surface area (Å²) < 4.78 is 26.8. The Hall–Kier alpha value is -3.32. The summed E-state index contributed by atoms with van der Waals surface area (Å²) in [6.45, 7) is 9.17. The number of morpholine rings is 1. The second kappa shape index (κ2) is 9.67. The molecule has 1 fully saturated rings. The minimum absolute atomic E-state index is 0.226. The van der Waals surface area contributed by atoms with Crippen LogP contribution in [0.2, 0.25) is 0 Å². The van der Waals surface area contributed by atoms with Crippen molar-refractivity contribution in [1.82, 2.24) is 4.57 Å². The highest BCUT2D eigenvalue weighted by molar-refractivity contribution is 6.06. The van der Waals surface area contributed by atoms with E-state index in [0.717, 1.165) is 41.2 Å². The zero-order chi connectivity index (χ0) is 23.5. The van der Waals surface area contributed by atoms with Gasteiger partial charge in [-0.25, -0.2) is 4.39 Å². The van der Waals surface area contributed by atoms with Crippen molar-refractivity contribution in [2.24, 2.45) is 0 Å². The summed E-state index contributed by atoms with van der Waals surface area (Å²) in [5, 5.41) is 3.04. The molecule has 1 saturated heterocycles. The number of halogens is 1. The van der Waals surface area contributed by atoms with E-state index in [0.29, 0.717) is 36.9 Å². The second-order valence-corrected chi connectivity index (χ2v) is 8.38. The normalized spacial score (nSPS) is 13.8. The molecule has 1 aromatic heterocycles. The number of aryl methyl sites for hydroxylation is 1. The summed E-state index contributed by atoms with van der Waals surface area (Å²) in [7, 11) is 1.58. The van der Waals surface area contributed by atoms with E-state index in [-0.39, 0.29) is 11.7 Å². The monoisotopic (exact) mass is 451 g/mol. The van der Waals surface area contributed by atoms with Gasteiger partial charge in [-0.15, -0.1) is 0 Å². The lowest BCUT2D eigenvalue weighted by Gasteiger charge is -2.29. The lowest BCUT2D eigenvalue weighted by Crippen LogP contribution is -2.36. The predicted octanol–water partition coefficient (Wildman–Crippen LogP) is 4.70. The first kappa shape index (κ1) is 22.9. The van der Waals surface area contributed by atoms with Gasteiger partial charge in [-0.1, -0.05) is 18.2 Å². The molecule has 0 unspecified atom stereocenters. The van der Waals surface area contributed by atoms with E-state index in [1.807, 2.05) is 49.6 Å². The number of rotatable bonds is 6. The topological polar surface area (TPSA) is 55.7 Å². The first-order valence-corrected chi connectivity index (χ1v) is 11.1. The quantitative estimate of drug-likeness (QED) is 0.590. The van der Waals surface area contributed by atoms with Crippen LogP contribution in [0.15, 0.2) is 42.5 Å². The van der Waals surface area contributed by atoms with E-state index in [9.17, 15) is 9.18 Å². The summed E-state index contributed by atoms with van der Waals surface area (Å²) in [5.74, 6) is 0.0771. The highest BCUT2D eigenvalue weighted by atomic mass is 19.1. The van der Waals surface area contributed by atoms with Crippen LogP contribution in [0.25, 0.3) is 0 Å². The number of hydrogen-bond donors (Lipinski definition) is 1. The van der Waals surface area contributed by atoms with Gasteiger partial charge in [0, 0.05) is 30.9 Å². The largest absolute Gasteiger partial charge is 0.495 e. The Morgan fingerprint density at radius 3 is 2.58 bits per heavy atom. The zero-order valence-corrected chi connectivity index (χ0v) is 19.6. The van der Waals surface area contributed by atoms with Crippen LogP contribution in [-0.4, -0.2) is 43.9 Å². The van der Waals surface area contributed by atoms with Crippen LogP contribution in [0.4, 0.5) is 15.8 Å². The van der Waals surface area contributed by atoms with Gasteiger partial charge in [-0.05, 0) is 56.2 Å². The summed E-state index contributed by atoms with van der Waals surface area (Å²) in [5.41, 5.74) is 5.89. The van der Waals surface area contributed by atoms with Gasteiger partial charge in [0.1, 0.15) is 17.3 Å². The standard InChI is InChI=1S/C26H30FN3O3/c1-17-8-9-23(32-4)22(14-17)28-26(31)25-18(2)24(29-10-12-33-13-11-29)19(3)30(25)16-20-6-5-7-21(27)15-20/h5-9,14-15H,10-13,16H2,1-4H3,(H,28,31). The van der Waals surface area contributed by atoms with Crippen molar-refractivity contribution in [1.29, 1.82) is 0 Å². The molecule has 0 saturated carbocycles. The van der Waals surface area contributed by atoms with Gasteiger partial charge in [-0.3, -0.25) is 4.79 Å². The fraction of sp³-hybridized carbons (Fsp3) is 0.346. The average Bonchev–Trinajstić information content (AvgIpc) is 3.04. The van der Waals surface area contributed by atoms with Gasteiger partial charge in [0.25, 0.3) is 5.91 Å². The number of methoxy groups -OCH3 is 1. The average molecular weight is 452 g/mol. The highest BCUT2D eigenvalue weighted by Gasteiger charge is 2.27. The molecule has 0 spiro atoms. The minimum atomic E-state index is -0.294. The number of ether oxygens (including phenoxy) is 2. The molecule has 0 atom stereocenters. The molecule has 174 valence electrons. The lowest BCUT2D eigenvalue weighted by atomic mass is 10.1. The molecule has 1 N–H and O–H groups in total. The number of anilines is 2. The molecule has 0 aliphatic carbocycles. The van der Waals surface area contributed by atoms with Crippen molar-refractivity contribution >= 4 is 17.3 Å². The molecule has 0 bridgehead atoms. The van der Waals surface area contributed by atoms with Crippen LogP contribution in [0.5, 0.6) is 5.75 Å². The van der Waals surface area contributed by atoms with Crippen LogP contribution in [0, 0.1) is 26.6 Å². The van der Waals surface area contributed by atoms with Crippen LogP contribution in [0.3, 0.4) is 0 Å². The third-order valence-corrected chi connectivity index (χ3v) is 6.10. The molecular weight excluding hydrogens is 421 g/mol. The summed E-state index contributed by atoms with van der Waals surface area (Å²) in [4.78, 5) is 15.9. The first-order valence-electron chi connectivity index (χ1n) is 11.1. The molecule has 3 aromatic rings. The summed E-state index contributed by atoms with van der Waals surface area (Å²) in [6, 6.07) is 12.2. The van der Waals surface area contributed by atoms with Gasteiger partial charge in [0.15, 0.2) is 0 Å². The highest BCUT2D eigenvalue weighted by Crippen LogP contribution is 2.34. The van der Waals surface area contributed by atoms with E-state index < -0.39 is 0 Å². The molecule has 1 amide bonds. The summed E-state index contributed by atoms with van der Waals surface area (Å²) >= 11 is 0. The zero-order valence-electron chi connectivity index (χ0n) is 19.6. The maximum atomic E-state index is 13.9. The van der Waals surface area contributed by atoms with Crippen molar-refractivity contribution < 1.29 is 18.7 Å². The second-order valence-electron chi connectivity index (χ2n) is 8.38. The Balaban J connectivity index is 1.78. The molecule has 0 radical (unpaired) electrons. The van der Waals surface area contributed by atoms with Crippen molar-refractivity contribution in [2.75, 3.05) is 43.6 Å². The van der Waals surface area contributed by atoms with E-state index in [4.69, 9.17) is 9.47 Å². The number of hydrogen-bond acceptors (Lipinski definition) is 4. The maximum Gasteiger partial charge on any atom is 0.272 e. The summed E-state index contributed by atoms with van der Waals surface area (Å²) in [6.07, 6.45) is 0. The van der Waals surface area contributed by atoms with E-state index in [2.05, 4.69) is 10.2 Å².